The predicted molar refractivity (Wildman–Crippen MR) is 131 cm³/mol. The lowest BCUT2D eigenvalue weighted by Crippen LogP contribution is -2.37. The average Bonchev–Trinajstić information content (AvgIpc) is 3.36. The predicted octanol–water partition coefficient (Wildman–Crippen LogP) is 4.62. The molecule has 1 aromatic heterocycles. The zero-order valence-corrected chi connectivity index (χ0v) is 21.7. The van der Waals surface area contributed by atoms with Crippen molar-refractivity contribution in [1.82, 2.24) is 10.2 Å². The van der Waals surface area contributed by atoms with Crippen LogP contribution in [-0.4, -0.2) is 39.8 Å². The van der Waals surface area contributed by atoms with Gasteiger partial charge in [-0.25, -0.2) is 4.57 Å². The molecule has 204 valence electrons. The largest absolute Gasteiger partial charge is 0.494 e. The van der Waals surface area contributed by atoms with E-state index in [1.807, 2.05) is 6.07 Å². The van der Waals surface area contributed by atoms with E-state index in [2.05, 4.69) is 14.7 Å². The summed E-state index contributed by atoms with van der Waals surface area (Å²) in [6, 6.07) is 12.1. The molecule has 0 aliphatic carbocycles. The van der Waals surface area contributed by atoms with E-state index in [9.17, 15) is 17.7 Å². The van der Waals surface area contributed by atoms with Crippen LogP contribution in [0.1, 0.15) is 35.9 Å². The number of nitriles is 1. The van der Waals surface area contributed by atoms with Crippen LogP contribution >= 0.6 is 19.2 Å². The van der Waals surface area contributed by atoms with E-state index in [1.54, 1.807) is 24.3 Å². The molecule has 0 saturated heterocycles. The number of rotatable bonds is 12. The van der Waals surface area contributed by atoms with Crippen molar-refractivity contribution in [3.63, 3.8) is 0 Å². The Balaban J connectivity index is 1.61. The smallest absolute Gasteiger partial charge is 0.469 e. The summed E-state index contributed by atoms with van der Waals surface area (Å²) in [4.78, 5) is 17.8. The first kappa shape index (κ1) is 29.5. The number of halogens is 3. The van der Waals surface area contributed by atoms with E-state index in [-0.39, 0.29) is 27.9 Å². The second-order valence-electron chi connectivity index (χ2n) is 8.34. The van der Waals surface area contributed by atoms with Crippen molar-refractivity contribution in [1.29, 1.82) is 5.26 Å². The number of hydrogen-bond acceptors (Lipinski definition) is 9. The highest BCUT2D eigenvalue weighted by Crippen LogP contribution is 2.41. The van der Waals surface area contributed by atoms with Crippen molar-refractivity contribution in [2.75, 3.05) is 19.8 Å². The summed E-state index contributed by atoms with van der Waals surface area (Å²) in [6.45, 7) is 1.19. The molecule has 0 aliphatic heterocycles. The zero-order chi connectivity index (χ0) is 28.0. The van der Waals surface area contributed by atoms with Crippen molar-refractivity contribution in [3.05, 3.63) is 58.6 Å². The Morgan fingerprint density at radius 2 is 1.74 bits per heavy atom. The van der Waals surface area contributed by atoms with E-state index >= 15 is 0 Å². The minimum absolute atomic E-state index is 0.0349. The molecule has 15 heteroatoms. The van der Waals surface area contributed by atoms with E-state index in [0.29, 0.717) is 30.8 Å². The lowest BCUT2D eigenvalue weighted by atomic mass is 10.1. The van der Waals surface area contributed by atoms with Gasteiger partial charge in [-0.3, -0.25) is 4.52 Å². The Morgan fingerprint density at radius 3 is 2.34 bits per heavy atom. The summed E-state index contributed by atoms with van der Waals surface area (Å²) in [7, 11) is -4.78. The fourth-order valence-corrected chi connectivity index (χ4v) is 4.38. The van der Waals surface area contributed by atoms with Crippen molar-refractivity contribution in [3.8, 4) is 28.1 Å². The monoisotopic (exact) mass is 572 g/mol. The maximum absolute atomic E-state index is 13.8. The standard InChI is InChI=1S/C23H24F3N4O6PS/c1-22(28,14-36-37(31,32)33)21-30-29-20(38-21)16-6-9-19(18(12-16)23(24,25)26)35-11-3-2-10-34-17-7-4-15(13-27)5-8-17/h4-9,12H,2-3,10-11,14,28H2,1H3,(H2,31,32,33)/t22-/m0/s1. The third-order valence-corrected chi connectivity index (χ3v) is 6.74. The lowest BCUT2D eigenvalue weighted by Gasteiger charge is -2.21. The number of benzene rings is 2. The number of aromatic nitrogens is 2. The third-order valence-electron chi connectivity index (χ3n) is 5.03. The minimum atomic E-state index is -4.78. The first-order valence-corrected chi connectivity index (χ1v) is 13.4. The minimum Gasteiger partial charge on any atom is -0.494 e. The number of phosphoric ester groups is 1. The Kier molecular flexibility index (Phi) is 9.48. The topological polar surface area (TPSA) is 161 Å². The molecular formula is C23H24F3N4O6PS. The molecule has 3 aromatic rings. The van der Waals surface area contributed by atoms with Crippen molar-refractivity contribution < 1.29 is 41.5 Å². The first-order valence-electron chi connectivity index (χ1n) is 11.1. The van der Waals surface area contributed by atoms with Gasteiger partial charge < -0.3 is 25.0 Å². The maximum Gasteiger partial charge on any atom is 0.469 e. The second-order valence-corrected chi connectivity index (χ2v) is 10.6. The van der Waals surface area contributed by atoms with E-state index in [1.165, 1.54) is 19.1 Å². The number of hydrogen-bond donors (Lipinski definition) is 3. The van der Waals surface area contributed by atoms with Gasteiger partial charge in [0.1, 0.15) is 21.5 Å². The molecule has 1 heterocycles. The number of nitrogens with two attached hydrogens (primary N) is 1. The molecule has 0 spiro atoms. The number of unbranched alkanes of at least 4 members (excludes halogenated alkanes) is 1. The van der Waals surface area contributed by atoms with Crippen LogP contribution in [0.5, 0.6) is 11.5 Å². The highest BCUT2D eigenvalue weighted by atomic mass is 32.1. The van der Waals surface area contributed by atoms with E-state index in [4.69, 9.17) is 30.3 Å². The molecule has 38 heavy (non-hydrogen) atoms. The van der Waals surface area contributed by atoms with Crippen LogP contribution in [-0.2, 0) is 20.8 Å². The number of nitrogens with zero attached hydrogens (tertiary/aromatic N) is 3. The highest BCUT2D eigenvalue weighted by Gasteiger charge is 2.35. The molecule has 0 amide bonds. The van der Waals surface area contributed by atoms with Crippen molar-refractivity contribution >= 4 is 19.2 Å². The van der Waals surface area contributed by atoms with Gasteiger partial charge in [0.05, 0.1) is 42.6 Å². The SMILES string of the molecule is C[C@](N)(COP(=O)(O)O)c1nnc(-c2ccc(OCCCCOc3ccc(C#N)cc3)c(C(F)(F)F)c2)s1. The zero-order valence-electron chi connectivity index (χ0n) is 20.0. The normalized spacial score (nSPS) is 13.5. The molecule has 2 aromatic carbocycles. The number of alkyl halides is 3. The van der Waals surface area contributed by atoms with Gasteiger partial charge in [-0.15, -0.1) is 10.2 Å². The van der Waals surface area contributed by atoms with Crippen LogP contribution in [0.25, 0.3) is 10.6 Å². The summed E-state index contributed by atoms with van der Waals surface area (Å²) in [5.74, 6) is 0.252. The molecular weight excluding hydrogens is 548 g/mol. The molecule has 0 saturated carbocycles. The lowest BCUT2D eigenvalue weighted by molar-refractivity contribution is -0.138. The van der Waals surface area contributed by atoms with E-state index < -0.39 is 31.7 Å². The van der Waals surface area contributed by atoms with Crippen LogP contribution in [0, 0.1) is 11.3 Å². The summed E-state index contributed by atoms with van der Waals surface area (Å²) in [5.41, 5.74) is 4.22. The van der Waals surface area contributed by atoms with Crippen LogP contribution in [0.4, 0.5) is 13.2 Å². The summed E-state index contributed by atoms with van der Waals surface area (Å²) < 4.78 is 67.6. The summed E-state index contributed by atoms with van der Waals surface area (Å²) >= 11 is 0.878. The Labute approximate surface area is 220 Å². The van der Waals surface area contributed by atoms with Gasteiger partial charge in [0.15, 0.2) is 0 Å². The molecule has 10 nitrogen and oxygen atoms in total. The highest BCUT2D eigenvalue weighted by molar-refractivity contribution is 7.46. The fraction of sp³-hybridized carbons (Fsp3) is 0.348. The average molecular weight is 573 g/mol. The number of ether oxygens (including phenoxy) is 2. The Morgan fingerprint density at radius 1 is 1.08 bits per heavy atom. The molecule has 3 rings (SSSR count). The van der Waals surface area contributed by atoms with Gasteiger partial charge in [0, 0.05) is 5.56 Å². The van der Waals surface area contributed by atoms with Gasteiger partial charge in [0.25, 0.3) is 0 Å². The van der Waals surface area contributed by atoms with Gasteiger partial charge in [-0.05, 0) is 62.2 Å². The molecule has 0 unspecified atom stereocenters. The fourth-order valence-electron chi connectivity index (χ4n) is 3.06. The van der Waals surface area contributed by atoms with Gasteiger partial charge in [0.2, 0.25) is 0 Å². The second kappa shape index (κ2) is 12.2. The third kappa shape index (κ3) is 8.49. The number of phosphoric acid groups is 1. The Bertz CT molecular complexity index is 1320. The maximum atomic E-state index is 13.8. The quantitative estimate of drug-likeness (QED) is 0.206. The van der Waals surface area contributed by atoms with Crippen LogP contribution in [0.2, 0.25) is 0 Å². The summed E-state index contributed by atoms with van der Waals surface area (Å²) in [5, 5.41) is 16.8. The van der Waals surface area contributed by atoms with Crippen LogP contribution in [0.15, 0.2) is 42.5 Å². The van der Waals surface area contributed by atoms with Gasteiger partial charge in [-0.1, -0.05) is 11.3 Å². The Hall–Kier alpha value is -3.05. The van der Waals surface area contributed by atoms with Crippen molar-refractivity contribution in [2.24, 2.45) is 5.73 Å². The van der Waals surface area contributed by atoms with Gasteiger partial charge in [-0.2, -0.15) is 18.4 Å². The molecule has 0 fully saturated rings. The molecule has 0 aliphatic rings. The van der Waals surface area contributed by atoms with E-state index in [0.717, 1.165) is 17.4 Å². The molecule has 0 bridgehead atoms. The molecule has 4 N–H and O–H groups in total. The molecule has 0 radical (unpaired) electrons. The van der Waals surface area contributed by atoms with Crippen LogP contribution < -0.4 is 15.2 Å². The van der Waals surface area contributed by atoms with Gasteiger partial charge >= 0.3 is 14.0 Å². The molecule has 1 atom stereocenters. The summed E-state index contributed by atoms with van der Waals surface area (Å²) in [6.07, 6.45) is -3.71. The van der Waals surface area contributed by atoms with Crippen molar-refractivity contribution in [2.45, 2.75) is 31.5 Å². The first-order chi connectivity index (χ1) is 17.8. The van der Waals surface area contributed by atoms with Crippen LogP contribution in [0.3, 0.4) is 0 Å².